The second-order valence-electron chi connectivity index (χ2n) is 5.24. The third-order valence-electron chi connectivity index (χ3n) is 3.04. The molecule has 2 rings (SSSR count). The van der Waals surface area contributed by atoms with Crippen molar-refractivity contribution in [3.05, 3.63) is 29.6 Å². The molecule has 1 unspecified atom stereocenters. The van der Waals surface area contributed by atoms with Crippen LogP contribution in [-0.4, -0.2) is 25.5 Å². The van der Waals surface area contributed by atoms with Crippen molar-refractivity contribution in [3.63, 3.8) is 0 Å². The highest BCUT2D eigenvalue weighted by molar-refractivity contribution is 7.90. The Balaban J connectivity index is 2.35. The Morgan fingerprint density at radius 2 is 2.00 bits per heavy atom. The fraction of sp³-hybridized carbons (Fsp3) is 0.357. The number of thiophene rings is 1. The fourth-order valence-corrected chi connectivity index (χ4v) is 4.79. The van der Waals surface area contributed by atoms with E-state index in [4.69, 9.17) is 0 Å². The minimum atomic E-state index is -3.85. The summed E-state index contributed by atoms with van der Waals surface area (Å²) in [7, 11) is -3.85. The van der Waals surface area contributed by atoms with Crippen molar-refractivity contribution >= 4 is 37.4 Å². The van der Waals surface area contributed by atoms with Gasteiger partial charge >= 0.3 is 5.97 Å². The van der Waals surface area contributed by atoms with E-state index >= 15 is 0 Å². The highest BCUT2D eigenvalue weighted by atomic mass is 32.2. The summed E-state index contributed by atoms with van der Waals surface area (Å²) in [5, 5.41) is 11.3. The number of fused-ring (bicyclic) bond motifs is 1. The lowest BCUT2D eigenvalue weighted by Gasteiger charge is -2.16. The molecule has 0 aliphatic heterocycles. The van der Waals surface area contributed by atoms with E-state index in [1.807, 2.05) is 26.0 Å². The summed E-state index contributed by atoms with van der Waals surface area (Å²) in [6.45, 7) is 3.70. The first-order chi connectivity index (χ1) is 9.81. The summed E-state index contributed by atoms with van der Waals surface area (Å²) >= 11 is 1.32. The zero-order valence-electron chi connectivity index (χ0n) is 11.7. The molecule has 5 nitrogen and oxygen atoms in total. The molecule has 0 saturated heterocycles. The monoisotopic (exact) mass is 327 g/mol. The topological polar surface area (TPSA) is 83.5 Å². The predicted molar refractivity (Wildman–Crippen MR) is 83.0 cm³/mol. The van der Waals surface area contributed by atoms with Gasteiger partial charge < -0.3 is 5.11 Å². The number of benzene rings is 1. The van der Waals surface area contributed by atoms with Gasteiger partial charge in [-0.15, -0.1) is 11.3 Å². The first-order valence-corrected chi connectivity index (χ1v) is 8.89. The van der Waals surface area contributed by atoms with Crippen LogP contribution < -0.4 is 4.72 Å². The molecule has 114 valence electrons. The Kier molecular flexibility index (Phi) is 4.65. The number of hydrogen-bond donors (Lipinski definition) is 2. The van der Waals surface area contributed by atoms with E-state index in [2.05, 4.69) is 4.72 Å². The van der Waals surface area contributed by atoms with Crippen LogP contribution in [0.15, 0.2) is 34.5 Å². The second-order valence-corrected chi connectivity index (χ2v) is 7.83. The normalized spacial score (nSPS) is 13.7. The molecule has 2 aromatic rings. The highest BCUT2D eigenvalue weighted by Crippen LogP contribution is 2.29. The van der Waals surface area contributed by atoms with Crippen LogP contribution in [0.2, 0.25) is 0 Å². The van der Waals surface area contributed by atoms with Crippen molar-refractivity contribution in [1.82, 2.24) is 4.72 Å². The average Bonchev–Trinajstić information content (AvgIpc) is 2.81. The third kappa shape index (κ3) is 3.61. The molecule has 1 aromatic heterocycles. The van der Waals surface area contributed by atoms with Crippen LogP contribution in [0, 0.1) is 5.92 Å². The van der Waals surface area contributed by atoms with E-state index in [0.717, 1.165) is 4.70 Å². The summed E-state index contributed by atoms with van der Waals surface area (Å²) in [6, 6.07) is 6.03. The molecule has 0 fully saturated rings. The minimum Gasteiger partial charge on any atom is -0.480 e. The minimum absolute atomic E-state index is 0.0769. The smallest absolute Gasteiger partial charge is 0.321 e. The summed E-state index contributed by atoms with van der Waals surface area (Å²) in [4.78, 5) is 11.4. The number of aliphatic carboxylic acids is 1. The molecular formula is C14H17NO4S2. The molecule has 0 aliphatic rings. The molecule has 21 heavy (non-hydrogen) atoms. The summed E-state index contributed by atoms with van der Waals surface area (Å²) in [6.07, 6.45) is 0.247. The Hall–Kier alpha value is -1.44. The molecule has 0 bridgehead atoms. The molecule has 1 atom stereocenters. The first-order valence-electron chi connectivity index (χ1n) is 6.52. The maximum Gasteiger partial charge on any atom is 0.321 e. The van der Waals surface area contributed by atoms with E-state index in [1.165, 1.54) is 11.3 Å². The molecule has 2 N–H and O–H groups in total. The van der Waals surface area contributed by atoms with E-state index in [-0.39, 0.29) is 17.2 Å². The maximum absolute atomic E-state index is 12.4. The van der Waals surface area contributed by atoms with E-state index in [9.17, 15) is 18.3 Å². The number of carbonyl (C=O) groups is 1. The third-order valence-corrected chi connectivity index (χ3v) is 5.66. The molecule has 0 saturated carbocycles. The second kappa shape index (κ2) is 6.13. The van der Waals surface area contributed by atoms with Crippen LogP contribution in [0.5, 0.6) is 0 Å². The largest absolute Gasteiger partial charge is 0.480 e. The maximum atomic E-state index is 12.4. The summed E-state index contributed by atoms with van der Waals surface area (Å²) < 4.78 is 28.0. The zero-order valence-corrected chi connectivity index (χ0v) is 13.4. The first kappa shape index (κ1) is 15.9. The molecule has 0 spiro atoms. The van der Waals surface area contributed by atoms with Crippen molar-refractivity contribution < 1.29 is 18.3 Å². The number of rotatable bonds is 6. The number of nitrogens with one attached hydrogen (secondary N) is 1. The Bertz CT molecular complexity index is 749. The van der Waals surface area contributed by atoms with Crippen molar-refractivity contribution in [1.29, 1.82) is 0 Å². The van der Waals surface area contributed by atoms with Crippen LogP contribution in [0.25, 0.3) is 10.1 Å². The van der Waals surface area contributed by atoms with Crippen LogP contribution in [0.1, 0.15) is 20.3 Å². The quantitative estimate of drug-likeness (QED) is 0.854. The van der Waals surface area contributed by atoms with Gasteiger partial charge in [0.2, 0.25) is 10.0 Å². The molecule has 0 radical (unpaired) electrons. The van der Waals surface area contributed by atoms with Gasteiger partial charge in [0.05, 0.1) is 0 Å². The summed E-state index contributed by atoms with van der Waals surface area (Å²) in [5.74, 6) is -1.08. The van der Waals surface area contributed by atoms with Crippen molar-refractivity contribution in [3.8, 4) is 0 Å². The lowest BCUT2D eigenvalue weighted by molar-refractivity contribution is -0.139. The van der Waals surface area contributed by atoms with E-state index in [0.29, 0.717) is 5.39 Å². The van der Waals surface area contributed by atoms with Gasteiger partial charge in [0.1, 0.15) is 10.9 Å². The van der Waals surface area contributed by atoms with Gasteiger partial charge in [-0.25, -0.2) is 8.42 Å². The SMILES string of the molecule is CC(C)CC(NS(=O)(=O)c1csc2ccccc12)C(=O)O. The van der Waals surface area contributed by atoms with E-state index < -0.39 is 22.0 Å². The number of carboxylic acids is 1. The van der Waals surface area contributed by atoms with Gasteiger partial charge in [-0.2, -0.15) is 4.72 Å². The molecular weight excluding hydrogens is 310 g/mol. The summed E-state index contributed by atoms with van der Waals surface area (Å²) in [5.41, 5.74) is 0. The zero-order chi connectivity index (χ0) is 15.6. The molecule has 1 heterocycles. The fourth-order valence-electron chi connectivity index (χ4n) is 2.08. The van der Waals surface area contributed by atoms with Gasteiger partial charge in [0.15, 0.2) is 0 Å². The van der Waals surface area contributed by atoms with Crippen LogP contribution in [0.3, 0.4) is 0 Å². The van der Waals surface area contributed by atoms with Gasteiger partial charge in [-0.1, -0.05) is 32.0 Å². The Morgan fingerprint density at radius 3 is 2.62 bits per heavy atom. The Labute approximate surface area is 127 Å². The van der Waals surface area contributed by atoms with Crippen molar-refractivity contribution in [2.45, 2.75) is 31.2 Å². The molecule has 0 amide bonds. The van der Waals surface area contributed by atoms with Crippen molar-refractivity contribution in [2.24, 2.45) is 5.92 Å². The van der Waals surface area contributed by atoms with E-state index in [1.54, 1.807) is 17.5 Å². The lowest BCUT2D eigenvalue weighted by atomic mass is 10.1. The molecule has 1 aromatic carbocycles. The lowest BCUT2D eigenvalue weighted by Crippen LogP contribution is -2.41. The van der Waals surface area contributed by atoms with Gasteiger partial charge in [-0.05, 0) is 18.4 Å². The number of hydrogen-bond acceptors (Lipinski definition) is 4. The molecule has 0 aliphatic carbocycles. The number of carboxylic acid groups (broad SMARTS) is 1. The Morgan fingerprint density at radius 1 is 1.33 bits per heavy atom. The van der Waals surface area contributed by atoms with Gasteiger partial charge in [0, 0.05) is 15.5 Å². The van der Waals surface area contributed by atoms with Crippen LogP contribution in [0.4, 0.5) is 0 Å². The highest BCUT2D eigenvalue weighted by Gasteiger charge is 2.27. The van der Waals surface area contributed by atoms with Crippen LogP contribution in [-0.2, 0) is 14.8 Å². The van der Waals surface area contributed by atoms with Crippen LogP contribution >= 0.6 is 11.3 Å². The standard InChI is InChI=1S/C14H17NO4S2/c1-9(2)7-11(14(16)17)15-21(18,19)13-8-20-12-6-4-3-5-10(12)13/h3-6,8-9,11,15H,7H2,1-2H3,(H,16,17). The van der Waals surface area contributed by atoms with Crippen molar-refractivity contribution in [2.75, 3.05) is 0 Å². The predicted octanol–water partition coefficient (Wildman–Crippen LogP) is 2.68. The average molecular weight is 327 g/mol. The number of sulfonamides is 1. The van der Waals surface area contributed by atoms with Gasteiger partial charge in [0.25, 0.3) is 0 Å². The molecule has 7 heteroatoms. The van der Waals surface area contributed by atoms with Gasteiger partial charge in [-0.3, -0.25) is 4.79 Å².